The summed E-state index contributed by atoms with van der Waals surface area (Å²) in [6, 6.07) is -2.84. The molecule has 52 nitrogen and oxygen atoms in total. The highest BCUT2D eigenvalue weighted by atomic mass is 16.8. The average Bonchev–Trinajstić information content (AvgIpc) is 1.61. The van der Waals surface area contributed by atoms with Gasteiger partial charge in [-0.05, 0) is 25.7 Å². The van der Waals surface area contributed by atoms with Crippen molar-refractivity contribution in [2.24, 2.45) is 0 Å². The van der Waals surface area contributed by atoms with Crippen LogP contribution in [0.2, 0.25) is 0 Å². The summed E-state index contributed by atoms with van der Waals surface area (Å²) in [7, 11) is 0. The summed E-state index contributed by atoms with van der Waals surface area (Å²) in [5, 5.41) is 46.2. The van der Waals surface area contributed by atoms with E-state index in [0.29, 0.717) is 75.2 Å². The van der Waals surface area contributed by atoms with E-state index in [4.69, 9.17) is 133 Å². The number of unbranched alkanes of at least 4 members (excludes halogenated alkanes) is 5. The predicted octanol–water partition coefficient (Wildman–Crippen LogP) is -1.59. The van der Waals surface area contributed by atoms with Gasteiger partial charge >= 0.3 is 35.8 Å². The molecular weight excluding hydrogens is 1880 g/mol. The van der Waals surface area contributed by atoms with E-state index >= 15 is 0 Å². The fourth-order valence-corrected chi connectivity index (χ4v) is 16.2. The van der Waals surface area contributed by atoms with Crippen molar-refractivity contribution < 1.29 is 186 Å². The molecule has 15 atom stereocenters. The number of aromatic nitrogens is 9. The molecule has 3 aromatic heterocycles. The first-order valence-electron chi connectivity index (χ1n) is 47.5. The van der Waals surface area contributed by atoms with Crippen LogP contribution in [0.3, 0.4) is 0 Å². The Bertz CT molecular complexity index is 3910. The molecule has 9 rings (SSSR count). The molecule has 6 fully saturated rings. The van der Waals surface area contributed by atoms with E-state index in [1.807, 2.05) is 0 Å². The Labute approximate surface area is 816 Å². The second kappa shape index (κ2) is 61.9. The number of carbonyl (C=O) groups is 11. The molecule has 1 unspecified atom stereocenters. The van der Waals surface area contributed by atoms with E-state index in [0.717, 1.165) is 19.3 Å². The van der Waals surface area contributed by atoms with Crippen LogP contribution in [0.1, 0.15) is 144 Å². The third-order valence-corrected chi connectivity index (χ3v) is 22.4. The molecule has 0 aliphatic carbocycles. The van der Waals surface area contributed by atoms with Crippen molar-refractivity contribution in [1.82, 2.24) is 66.2 Å². The fraction of sp³-hybridized carbons (Fsp3) is 0.809. The van der Waals surface area contributed by atoms with Gasteiger partial charge in [-0.25, -0.2) is 14.0 Å². The number of hydrogen-bond donors (Lipinski definition) is 5. The number of aliphatic hydroxyl groups is 1. The maximum Gasteiger partial charge on any atom is 0.303 e. The molecule has 4 amide bonds. The van der Waals surface area contributed by atoms with E-state index in [-0.39, 0.29) is 243 Å². The first kappa shape index (κ1) is 115. The second-order valence-corrected chi connectivity index (χ2v) is 34.5. The summed E-state index contributed by atoms with van der Waals surface area (Å²) in [6.45, 7) is 15.9. The summed E-state index contributed by atoms with van der Waals surface area (Å²) >= 11 is 0. The number of ether oxygens (including phenoxy) is 27. The Kier molecular flexibility index (Phi) is 50.7. The van der Waals surface area contributed by atoms with Crippen LogP contribution in [0.5, 0.6) is 0 Å². The third-order valence-electron chi connectivity index (χ3n) is 22.4. The third kappa shape index (κ3) is 40.1. The van der Waals surface area contributed by atoms with Crippen LogP contribution in [0.4, 0.5) is 0 Å². The summed E-state index contributed by atoms with van der Waals surface area (Å²) in [5.41, 5.74) is -3.91. The van der Waals surface area contributed by atoms with Crippen LogP contribution in [0.25, 0.3) is 0 Å². The molecule has 0 saturated carbocycles. The van der Waals surface area contributed by atoms with Gasteiger partial charge in [-0.3, -0.25) is 52.7 Å². The van der Waals surface area contributed by atoms with Gasteiger partial charge in [0.2, 0.25) is 23.6 Å². The first-order valence-corrected chi connectivity index (χ1v) is 47.5. The minimum Gasteiger partial charge on any atom is -0.456 e. The highest BCUT2D eigenvalue weighted by Crippen LogP contribution is 2.44. The minimum atomic E-state index is -1.34. The summed E-state index contributed by atoms with van der Waals surface area (Å²) in [4.78, 5) is 136. The number of hydrogen-bond acceptors (Lipinski definition) is 45. The quantitative estimate of drug-likeness (QED) is 0.0242. The van der Waals surface area contributed by atoms with Crippen molar-refractivity contribution in [1.29, 1.82) is 0 Å². The molecule has 6 saturated heterocycles. The average molecular weight is 2020 g/mol. The lowest BCUT2D eigenvalue weighted by Gasteiger charge is -2.45. The van der Waals surface area contributed by atoms with Gasteiger partial charge in [-0.15, -0.1) is 15.3 Å². The van der Waals surface area contributed by atoms with Crippen LogP contribution in [-0.2, 0) is 220 Å². The van der Waals surface area contributed by atoms with Gasteiger partial charge in [0.05, 0.1) is 256 Å². The number of esters is 6. The molecule has 141 heavy (non-hydrogen) atoms. The standard InChI is InChI=1S/C89H141N13O39/c1-60(104)90-74-77(133-63(4)107)80(136-66(7)110)87(57-130-83(74)139-87)54-124-42-39-121-36-33-118-30-27-115-24-20-100-45-69(94-97-100)48-127-51-86(93-73(114)19-15-11-10-13-17-72(113)18-14-12-16-23-103,52-128-49-70-46-101(98-95-70)21-25-116-28-31-119-34-37-122-40-43-125-55-88-58-131-84(140-88)75(91-61(2)105)78(134-64(5)108)81(88)137-67(8)111)53-129-50-71-47-102(99-96-71)22-26-117-29-32-120-35-38-123-41-44-126-56-89-59-132-85(141-89)76(92-62(3)106)79(135-65(6)109)82(89)138-68(9)112/h45-47,74-85,103H,10-44,48-59H2,1-9H3,(H,90,104)(H,91,105)(H,92,106)(H,93,114)/t74-,75-,76?,77-,78-,79-,80-,81-,82-,83+,84+,85+,87+,88+,89+/m1/s1. The molecule has 0 radical (unpaired) electrons. The van der Waals surface area contributed by atoms with Gasteiger partial charge in [0, 0.05) is 88.2 Å². The minimum absolute atomic E-state index is 0.0390. The van der Waals surface area contributed by atoms with Crippen molar-refractivity contribution in [3.8, 4) is 0 Å². The highest BCUT2D eigenvalue weighted by molar-refractivity contribution is 5.79. The molecule has 0 spiro atoms. The summed E-state index contributed by atoms with van der Waals surface area (Å²) in [5.74, 6) is -5.38. The highest BCUT2D eigenvalue weighted by Gasteiger charge is 2.66. The van der Waals surface area contributed by atoms with Crippen LogP contribution in [-0.4, -0.2) is 416 Å². The Balaban J connectivity index is 0.719. The van der Waals surface area contributed by atoms with E-state index in [1.54, 1.807) is 32.6 Å². The zero-order valence-corrected chi connectivity index (χ0v) is 81.9. The Morgan fingerprint density at radius 3 is 0.879 bits per heavy atom. The van der Waals surface area contributed by atoms with E-state index in [1.165, 1.54) is 62.3 Å². The van der Waals surface area contributed by atoms with Gasteiger partial charge in [-0.2, -0.15) is 0 Å². The van der Waals surface area contributed by atoms with Crippen molar-refractivity contribution in [3.05, 3.63) is 35.7 Å². The van der Waals surface area contributed by atoms with Crippen molar-refractivity contribution >= 4 is 65.2 Å². The van der Waals surface area contributed by atoms with E-state index in [2.05, 4.69) is 52.2 Å². The normalized spacial score (nSPS) is 23.8. The summed E-state index contributed by atoms with van der Waals surface area (Å²) in [6.07, 6.45) is 1.21. The van der Waals surface area contributed by atoms with E-state index in [9.17, 15) is 52.7 Å². The van der Waals surface area contributed by atoms with Gasteiger partial charge in [0.25, 0.3) is 0 Å². The van der Waals surface area contributed by atoms with Crippen LogP contribution in [0.15, 0.2) is 18.6 Å². The number of amides is 4. The predicted molar refractivity (Wildman–Crippen MR) is 475 cm³/mol. The van der Waals surface area contributed by atoms with Crippen LogP contribution < -0.4 is 21.3 Å². The van der Waals surface area contributed by atoms with Crippen molar-refractivity contribution in [2.75, 3.05) is 205 Å². The molecule has 3 aromatic rings. The Morgan fingerprint density at radius 2 is 0.610 bits per heavy atom. The van der Waals surface area contributed by atoms with E-state index < -0.39 is 149 Å². The number of Topliss-reactive ketones (excluding diaryl/α,β-unsaturated/α-hetero) is 1. The fourth-order valence-electron chi connectivity index (χ4n) is 16.2. The van der Waals surface area contributed by atoms with Gasteiger partial charge in [0.1, 0.15) is 46.5 Å². The SMILES string of the molecule is CC(=O)NC1[C@H]2OC[C@](COCCOCCOCCOCCn3cc(COCC(COCc4cn(CCOCCOCCOCCOC[C@@]56CO[C@@H](O5)[C@H](NC(C)=O)[C@@H](OC(C)=O)[C@H]6OC(C)=O)nn4)(COCc4cn(CCOCCOCCOCCOC[C@@]56CO[C@@H](O5)[C@H](NC(C)=O)[C@@H](OC(C)=O)[C@H]6OC(C)=O)nn4)NC(=O)CCCCCCC(=O)CCCCCO)nn3)(O2)[C@H](OC(C)=O)[C@@H]1OC(C)=O. The number of ketones is 1. The largest absolute Gasteiger partial charge is 0.456 e. The Hall–Kier alpha value is -9.09. The lowest BCUT2D eigenvalue weighted by Crippen LogP contribution is -2.68. The number of rotatable bonds is 76. The molecule has 52 heteroatoms. The molecule has 0 aromatic carbocycles. The number of carbonyl (C=O) groups excluding carboxylic acids is 11. The van der Waals surface area contributed by atoms with Crippen LogP contribution >= 0.6 is 0 Å². The van der Waals surface area contributed by atoms with Crippen molar-refractivity contribution in [3.63, 3.8) is 0 Å². The lowest BCUT2D eigenvalue weighted by molar-refractivity contribution is -0.251. The second-order valence-electron chi connectivity index (χ2n) is 34.5. The smallest absolute Gasteiger partial charge is 0.303 e. The van der Waals surface area contributed by atoms with Gasteiger partial charge < -0.3 is 154 Å². The first-order chi connectivity index (χ1) is 68.0. The molecule has 6 aliphatic heterocycles. The number of fused-ring (bicyclic) bond motifs is 6. The van der Waals surface area contributed by atoms with Crippen LogP contribution in [0, 0.1) is 0 Å². The number of aliphatic hydroxyl groups excluding tert-OH is 1. The van der Waals surface area contributed by atoms with Gasteiger partial charge in [0.15, 0.2) is 72.3 Å². The zero-order valence-electron chi connectivity index (χ0n) is 81.9. The van der Waals surface area contributed by atoms with Crippen molar-refractivity contribution in [2.45, 2.75) is 262 Å². The zero-order chi connectivity index (χ0) is 101. The molecule has 6 bridgehead atoms. The molecule has 796 valence electrons. The Morgan fingerprint density at radius 1 is 0.348 bits per heavy atom. The topological polar surface area (TPSA) is 597 Å². The molecule has 5 N–H and O–H groups in total. The number of nitrogens with one attached hydrogen (secondary N) is 4. The molecule has 9 heterocycles. The van der Waals surface area contributed by atoms with Gasteiger partial charge in [-0.1, -0.05) is 34.9 Å². The maximum atomic E-state index is 14.3. The maximum absolute atomic E-state index is 14.3. The number of nitrogens with zero attached hydrogens (tertiary/aromatic N) is 9. The molecular formula is C89H141N13O39. The molecule has 6 aliphatic rings. The monoisotopic (exact) mass is 2020 g/mol. The lowest BCUT2D eigenvalue weighted by atomic mass is 9.87. The summed E-state index contributed by atoms with van der Waals surface area (Å²) < 4.78 is 163.